The van der Waals surface area contributed by atoms with Crippen LogP contribution >= 0.6 is 0 Å². The monoisotopic (exact) mass is 190 g/mol. The van der Waals surface area contributed by atoms with Gasteiger partial charge < -0.3 is 0 Å². The van der Waals surface area contributed by atoms with Crippen molar-refractivity contribution in [2.75, 3.05) is 0 Å². The zero-order valence-corrected chi connectivity index (χ0v) is 9.03. The zero-order chi connectivity index (χ0) is 9.71. The lowest BCUT2D eigenvalue weighted by atomic mass is 9.87. The van der Waals surface area contributed by atoms with E-state index in [0.29, 0.717) is 6.04 Å². The van der Waals surface area contributed by atoms with E-state index in [1.54, 1.807) is 11.3 Å². The molecule has 1 aromatic rings. The van der Waals surface area contributed by atoms with E-state index in [1.165, 1.54) is 25.7 Å². The van der Waals surface area contributed by atoms with E-state index in [1.807, 2.05) is 0 Å². The van der Waals surface area contributed by atoms with Gasteiger partial charge in [-0.15, -0.1) is 0 Å². The molecule has 2 atom stereocenters. The van der Waals surface area contributed by atoms with Crippen LogP contribution in [0.5, 0.6) is 0 Å². The Bertz CT molecular complexity index is 351. The maximum atomic E-state index is 4.53. The molecule has 0 saturated heterocycles. The zero-order valence-electron chi connectivity index (χ0n) is 9.03. The molecule has 2 aliphatic rings. The minimum Gasteiger partial charge on any atom is -0.267 e. The fourth-order valence-corrected chi connectivity index (χ4v) is 3.21. The van der Waals surface area contributed by atoms with Crippen molar-refractivity contribution in [1.29, 1.82) is 0 Å². The lowest BCUT2D eigenvalue weighted by Gasteiger charge is -2.21. The van der Waals surface area contributed by atoms with Gasteiger partial charge in [0.15, 0.2) is 0 Å². The largest absolute Gasteiger partial charge is 0.267 e. The number of rotatable bonds is 1. The minimum atomic E-state index is 0.524. The number of nitrogens with zero attached hydrogens (tertiary/aromatic N) is 2. The topological polar surface area (TPSA) is 17.8 Å². The molecule has 2 nitrogen and oxygen atoms in total. The summed E-state index contributed by atoms with van der Waals surface area (Å²) in [5, 5.41) is 4.53. The maximum absolute atomic E-state index is 4.53. The summed E-state index contributed by atoms with van der Waals surface area (Å²) in [6.45, 7) is 4.45. The highest BCUT2D eigenvalue weighted by Crippen LogP contribution is 2.46. The molecule has 1 heterocycles. The Morgan fingerprint density at radius 3 is 3.07 bits per heavy atom. The summed E-state index contributed by atoms with van der Waals surface area (Å²) < 4.78 is 2.24. The van der Waals surface area contributed by atoms with E-state index in [-0.39, 0.29) is 0 Å². The summed E-state index contributed by atoms with van der Waals surface area (Å²) in [5.74, 6) is 1.80. The Morgan fingerprint density at radius 1 is 1.43 bits per heavy atom. The molecule has 1 saturated carbocycles. The number of fused-ring (bicyclic) bond motifs is 4. The molecule has 2 aliphatic carbocycles. The van der Waals surface area contributed by atoms with Gasteiger partial charge in [-0.25, -0.2) is 0 Å². The van der Waals surface area contributed by atoms with Gasteiger partial charge in [-0.2, -0.15) is 5.10 Å². The van der Waals surface area contributed by atoms with Gasteiger partial charge in [-0.1, -0.05) is 0 Å². The quantitative estimate of drug-likeness (QED) is 0.665. The minimum absolute atomic E-state index is 0.524. The smallest absolute Gasteiger partial charge is 0.0527 e. The molecular weight excluding hydrogens is 172 g/mol. The number of hydrogen-bond donors (Lipinski definition) is 0. The van der Waals surface area contributed by atoms with Crippen LogP contribution in [0.25, 0.3) is 0 Å². The average Bonchev–Trinajstić information content (AvgIpc) is 2.71. The van der Waals surface area contributed by atoms with Crippen LogP contribution in [-0.2, 0) is 6.42 Å². The summed E-state index contributed by atoms with van der Waals surface area (Å²) in [4.78, 5) is 0. The van der Waals surface area contributed by atoms with Crippen molar-refractivity contribution in [3.8, 4) is 0 Å². The first-order chi connectivity index (χ1) is 6.75. The Morgan fingerprint density at radius 2 is 2.29 bits per heavy atom. The lowest BCUT2D eigenvalue weighted by molar-refractivity contribution is 0.447. The fourth-order valence-electron chi connectivity index (χ4n) is 3.21. The fraction of sp³-hybridized carbons (Fsp3) is 0.750. The van der Waals surface area contributed by atoms with Crippen molar-refractivity contribution >= 4 is 0 Å². The predicted molar refractivity (Wildman–Crippen MR) is 56.4 cm³/mol. The molecule has 14 heavy (non-hydrogen) atoms. The van der Waals surface area contributed by atoms with E-state index in [4.69, 9.17) is 0 Å². The molecule has 0 amide bonds. The molecule has 76 valence electrons. The van der Waals surface area contributed by atoms with Gasteiger partial charge in [0.05, 0.1) is 6.20 Å². The van der Waals surface area contributed by atoms with E-state index in [2.05, 4.69) is 29.8 Å². The molecule has 2 bridgehead atoms. The lowest BCUT2D eigenvalue weighted by Crippen LogP contribution is -2.15. The van der Waals surface area contributed by atoms with Crippen molar-refractivity contribution < 1.29 is 0 Å². The third-order valence-corrected chi connectivity index (χ3v) is 3.88. The van der Waals surface area contributed by atoms with Gasteiger partial charge in [0.1, 0.15) is 0 Å². The molecule has 1 aromatic heterocycles. The van der Waals surface area contributed by atoms with E-state index in [9.17, 15) is 0 Å². The number of aromatic nitrogens is 2. The van der Waals surface area contributed by atoms with Gasteiger partial charge in [0, 0.05) is 11.7 Å². The molecule has 0 aliphatic heterocycles. The van der Waals surface area contributed by atoms with Crippen molar-refractivity contribution in [3.05, 3.63) is 17.5 Å². The van der Waals surface area contributed by atoms with Crippen molar-refractivity contribution in [3.63, 3.8) is 0 Å². The van der Waals surface area contributed by atoms with Gasteiger partial charge in [0.25, 0.3) is 0 Å². The van der Waals surface area contributed by atoms with Crippen LogP contribution in [0.3, 0.4) is 0 Å². The molecule has 0 radical (unpaired) electrons. The standard InChI is InChI=1S/C12H18N2/c1-8(2)14-12-6-9-3-4-10(5-9)11(12)7-13-14/h7-10H,3-6H2,1-2H3/t9-,10-/m0/s1. The second-order valence-corrected chi connectivity index (χ2v) is 5.17. The van der Waals surface area contributed by atoms with Crippen LogP contribution in [0.2, 0.25) is 0 Å². The Hall–Kier alpha value is -0.790. The van der Waals surface area contributed by atoms with Crippen LogP contribution < -0.4 is 0 Å². The third kappa shape index (κ3) is 1.06. The van der Waals surface area contributed by atoms with Crippen LogP contribution in [0.1, 0.15) is 56.3 Å². The Balaban J connectivity index is 2.07. The molecule has 2 heteroatoms. The van der Waals surface area contributed by atoms with Crippen LogP contribution in [0.15, 0.2) is 6.20 Å². The second kappa shape index (κ2) is 2.85. The van der Waals surface area contributed by atoms with E-state index in [0.717, 1.165) is 11.8 Å². The molecule has 3 rings (SSSR count). The normalized spacial score (nSPS) is 29.6. The molecule has 0 spiro atoms. The Labute approximate surface area is 85.3 Å². The Kier molecular flexibility index (Phi) is 1.73. The highest BCUT2D eigenvalue weighted by Gasteiger charge is 2.35. The first-order valence-corrected chi connectivity index (χ1v) is 5.82. The van der Waals surface area contributed by atoms with Gasteiger partial charge in [0.2, 0.25) is 0 Å². The van der Waals surface area contributed by atoms with Crippen LogP contribution in [0.4, 0.5) is 0 Å². The van der Waals surface area contributed by atoms with Crippen molar-refractivity contribution in [2.45, 2.75) is 51.5 Å². The van der Waals surface area contributed by atoms with Gasteiger partial charge >= 0.3 is 0 Å². The summed E-state index contributed by atoms with van der Waals surface area (Å²) in [6.07, 6.45) is 7.68. The highest BCUT2D eigenvalue weighted by molar-refractivity contribution is 5.28. The first-order valence-electron chi connectivity index (χ1n) is 5.82. The summed E-state index contributed by atoms with van der Waals surface area (Å²) >= 11 is 0. The summed E-state index contributed by atoms with van der Waals surface area (Å²) in [6, 6.07) is 0.524. The summed E-state index contributed by atoms with van der Waals surface area (Å²) in [7, 11) is 0. The molecule has 0 N–H and O–H groups in total. The number of hydrogen-bond acceptors (Lipinski definition) is 1. The molecule has 1 fully saturated rings. The first kappa shape index (κ1) is 8.51. The van der Waals surface area contributed by atoms with Crippen molar-refractivity contribution in [2.24, 2.45) is 5.92 Å². The molecular formula is C12H18N2. The highest BCUT2D eigenvalue weighted by atomic mass is 15.3. The van der Waals surface area contributed by atoms with Gasteiger partial charge in [-0.3, -0.25) is 4.68 Å². The van der Waals surface area contributed by atoms with Crippen LogP contribution in [-0.4, -0.2) is 9.78 Å². The second-order valence-electron chi connectivity index (χ2n) is 5.17. The SMILES string of the molecule is CC(C)n1ncc2c1C[C@H]1CC[C@H]2C1. The molecule has 0 unspecified atom stereocenters. The van der Waals surface area contributed by atoms with E-state index < -0.39 is 0 Å². The maximum Gasteiger partial charge on any atom is 0.0527 e. The summed E-state index contributed by atoms with van der Waals surface area (Å²) in [5.41, 5.74) is 3.10. The molecule has 0 aromatic carbocycles. The third-order valence-electron chi connectivity index (χ3n) is 3.88. The predicted octanol–water partition coefficient (Wildman–Crippen LogP) is 2.90. The van der Waals surface area contributed by atoms with Crippen LogP contribution in [0, 0.1) is 5.92 Å². The van der Waals surface area contributed by atoms with Gasteiger partial charge in [-0.05, 0) is 56.9 Å². The van der Waals surface area contributed by atoms with E-state index >= 15 is 0 Å². The average molecular weight is 190 g/mol. The van der Waals surface area contributed by atoms with Crippen molar-refractivity contribution in [1.82, 2.24) is 9.78 Å².